The molecule has 1 nitrogen and oxygen atoms in total. The van der Waals surface area contributed by atoms with Crippen molar-refractivity contribution in [3.63, 3.8) is 0 Å². The van der Waals surface area contributed by atoms with Crippen molar-refractivity contribution in [3.05, 3.63) is 162 Å². The van der Waals surface area contributed by atoms with E-state index in [-0.39, 0.29) is 22.9 Å². The molecule has 7 aromatic rings. The van der Waals surface area contributed by atoms with Gasteiger partial charge in [0.05, 0.1) is 2.74 Å². The number of hydrogen-bond donors (Lipinski definition) is 0. The summed E-state index contributed by atoms with van der Waals surface area (Å²) in [6.07, 6.45) is 0. The molecule has 0 N–H and O–H groups in total. The van der Waals surface area contributed by atoms with Gasteiger partial charge in [0.2, 0.25) is 0 Å². The quantitative estimate of drug-likeness (QED) is 0.138. The SMILES string of the molecule is [2H]/C(=C(/[2H])c1ccc2c(C(C)(C)C)c3ccccc3c(C(C)(C)C)c2c1)c1ccc(N(c2ccccc2)c2ccc3ccccc3c2)cc1. The smallest absolute Gasteiger partial charge is 0.0629 e. The Kier molecular flexibility index (Phi) is 7.12. The molecule has 1 heteroatoms. The lowest BCUT2D eigenvalue weighted by Crippen LogP contribution is -2.17. The Morgan fingerprint density at radius 2 is 0.915 bits per heavy atom. The van der Waals surface area contributed by atoms with Crippen LogP contribution in [0.3, 0.4) is 0 Å². The van der Waals surface area contributed by atoms with Crippen molar-refractivity contribution < 1.29 is 2.74 Å². The Bertz CT molecular complexity index is 2360. The van der Waals surface area contributed by atoms with Gasteiger partial charge in [-0.1, -0.05) is 151 Å². The van der Waals surface area contributed by atoms with Gasteiger partial charge in [-0.3, -0.25) is 0 Å². The van der Waals surface area contributed by atoms with Gasteiger partial charge in [0.25, 0.3) is 0 Å². The largest absolute Gasteiger partial charge is 0.310 e. The lowest BCUT2D eigenvalue weighted by molar-refractivity contribution is 0.593. The van der Waals surface area contributed by atoms with E-state index in [4.69, 9.17) is 0 Å². The molecule has 0 aliphatic carbocycles. The summed E-state index contributed by atoms with van der Waals surface area (Å²) in [6.45, 7) is 13.6. The Hall–Kier alpha value is -5.14. The number of anilines is 3. The van der Waals surface area contributed by atoms with E-state index in [0.717, 1.165) is 28.0 Å². The topological polar surface area (TPSA) is 3.24 Å². The highest BCUT2D eigenvalue weighted by Crippen LogP contribution is 2.44. The Morgan fingerprint density at radius 3 is 1.57 bits per heavy atom. The minimum absolute atomic E-state index is 0.0712. The van der Waals surface area contributed by atoms with E-state index >= 15 is 0 Å². The molecule has 0 saturated carbocycles. The van der Waals surface area contributed by atoms with Crippen molar-refractivity contribution in [2.24, 2.45) is 0 Å². The number of para-hydroxylation sites is 1. The fraction of sp³-hybridized carbons (Fsp3) is 0.174. The van der Waals surface area contributed by atoms with Gasteiger partial charge >= 0.3 is 0 Å². The molecule has 0 aliphatic rings. The molecule has 232 valence electrons. The molecule has 0 fully saturated rings. The first-order chi connectivity index (χ1) is 23.4. The molecule has 0 bridgehead atoms. The van der Waals surface area contributed by atoms with E-state index in [0.29, 0.717) is 5.56 Å². The zero-order chi connectivity index (χ0) is 34.5. The summed E-state index contributed by atoms with van der Waals surface area (Å²) in [5, 5.41) is 7.31. The summed E-state index contributed by atoms with van der Waals surface area (Å²) in [5.41, 5.74) is 7.00. The van der Waals surface area contributed by atoms with E-state index < -0.39 is 0 Å². The maximum Gasteiger partial charge on any atom is 0.0629 e. The second-order valence-corrected chi connectivity index (χ2v) is 14.6. The summed E-state index contributed by atoms with van der Waals surface area (Å²) in [7, 11) is 0. The van der Waals surface area contributed by atoms with E-state index in [1.807, 2.05) is 24.3 Å². The van der Waals surface area contributed by atoms with Crippen LogP contribution in [0.15, 0.2) is 140 Å². The van der Waals surface area contributed by atoms with Crippen LogP contribution >= 0.6 is 0 Å². The van der Waals surface area contributed by atoms with Crippen molar-refractivity contribution in [1.29, 1.82) is 0 Å². The van der Waals surface area contributed by atoms with Gasteiger partial charge in [0.1, 0.15) is 0 Å². The standard InChI is InChI=1S/C46H43N/c1-45(2,3)43-39-18-12-13-19-40(39)44(46(4,5)6)42-30-33(24-29-41(42)43)21-20-32-22-26-37(27-23-32)47(36-16-8-7-9-17-36)38-28-25-34-14-10-11-15-35(34)31-38/h7-31H,1-6H3/b21-20+/i20D,21D. The van der Waals surface area contributed by atoms with Crippen LogP contribution in [0, 0.1) is 0 Å². The minimum Gasteiger partial charge on any atom is -0.310 e. The molecule has 7 rings (SSSR count). The molecule has 0 radical (unpaired) electrons. The van der Waals surface area contributed by atoms with Crippen molar-refractivity contribution in [1.82, 2.24) is 0 Å². The third-order valence-electron chi connectivity index (χ3n) is 9.01. The molecule has 0 aromatic heterocycles. The average molecular weight is 612 g/mol. The Morgan fingerprint density at radius 1 is 0.426 bits per heavy atom. The van der Waals surface area contributed by atoms with Crippen molar-refractivity contribution in [2.75, 3.05) is 4.90 Å². The molecule has 47 heavy (non-hydrogen) atoms. The first kappa shape index (κ1) is 28.1. The van der Waals surface area contributed by atoms with Crippen LogP contribution in [-0.4, -0.2) is 0 Å². The summed E-state index contributed by atoms with van der Waals surface area (Å²) in [4.78, 5) is 2.24. The number of hydrogen-bond acceptors (Lipinski definition) is 1. The molecule has 0 unspecified atom stereocenters. The van der Waals surface area contributed by atoms with Crippen LogP contribution in [0.1, 0.15) is 66.5 Å². The molecule has 0 spiro atoms. The molecule has 7 aromatic carbocycles. The van der Waals surface area contributed by atoms with Crippen LogP contribution in [0.2, 0.25) is 0 Å². The van der Waals surface area contributed by atoms with E-state index in [2.05, 4.69) is 162 Å². The summed E-state index contributed by atoms with van der Waals surface area (Å²) >= 11 is 0. The lowest BCUT2D eigenvalue weighted by atomic mass is 9.74. The highest BCUT2D eigenvalue weighted by Gasteiger charge is 2.27. The number of fused-ring (bicyclic) bond motifs is 3. The number of benzene rings is 7. The van der Waals surface area contributed by atoms with Crippen LogP contribution in [0.25, 0.3) is 44.4 Å². The van der Waals surface area contributed by atoms with Crippen molar-refractivity contribution in [2.45, 2.75) is 52.4 Å². The third-order valence-corrected chi connectivity index (χ3v) is 9.01. The predicted molar refractivity (Wildman–Crippen MR) is 206 cm³/mol. The Labute approximate surface area is 282 Å². The maximum absolute atomic E-state index is 9.26. The molecule has 0 saturated heterocycles. The Balaban J connectivity index is 1.33. The second kappa shape index (κ2) is 11.9. The fourth-order valence-electron chi connectivity index (χ4n) is 7.05. The van der Waals surface area contributed by atoms with Crippen molar-refractivity contribution >= 4 is 61.5 Å². The van der Waals surface area contributed by atoms with E-state index in [1.54, 1.807) is 0 Å². The summed E-state index contributed by atoms with van der Waals surface area (Å²) < 4.78 is 18.5. The number of nitrogens with zero attached hydrogens (tertiary/aromatic N) is 1. The van der Waals surface area contributed by atoms with Gasteiger partial charge in [-0.15, -0.1) is 0 Å². The highest BCUT2D eigenvalue weighted by molar-refractivity contribution is 6.08. The van der Waals surface area contributed by atoms with E-state index in [9.17, 15) is 2.74 Å². The molecule has 0 heterocycles. The molecule has 0 atom stereocenters. The summed E-state index contributed by atoms with van der Waals surface area (Å²) in [5.74, 6) is 0. The molecule has 0 amide bonds. The first-order valence-electron chi connectivity index (χ1n) is 17.5. The van der Waals surface area contributed by atoms with Crippen LogP contribution in [0.4, 0.5) is 17.1 Å². The predicted octanol–water partition coefficient (Wildman–Crippen LogP) is 13.4. The summed E-state index contributed by atoms with van der Waals surface area (Å²) in [6, 6.07) is 48.9. The third kappa shape index (κ3) is 5.95. The number of rotatable bonds is 5. The highest BCUT2D eigenvalue weighted by atomic mass is 15.1. The van der Waals surface area contributed by atoms with Crippen LogP contribution < -0.4 is 4.90 Å². The average Bonchev–Trinajstić information content (AvgIpc) is 3.09. The minimum atomic E-state index is -0.117. The van der Waals surface area contributed by atoms with Crippen LogP contribution in [0.5, 0.6) is 0 Å². The van der Waals surface area contributed by atoms with E-state index in [1.165, 1.54) is 38.1 Å². The molecular weight excluding hydrogens is 567 g/mol. The second-order valence-electron chi connectivity index (χ2n) is 14.6. The van der Waals surface area contributed by atoms with Gasteiger partial charge in [-0.05, 0) is 108 Å². The van der Waals surface area contributed by atoms with Gasteiger partial charge in [0.15, 0.2) is 0 Å². The molecule has 0 aliphatic heterocycles. The van der Waals surface area contributed by atoms with Gasteiger partial charge < -0.3 is 4.90 Å². The van der Waals surface area contributed by atoms with Gasteiger partial charge in [0, 0.05) is 17.1 Å². The monoisotopic (exact) mass is 611 g/mol. The lowest BCUT2D eigenvalue weighted by Gasteiger charge is -2.30. The zero-order valence-corrected chi connectivity index (χ0v) is 28.2. The first-order valence-corrected chi connectivity index (χ1v) is 16.5. The van der Waals surface area contributed by atoms with Gasteiger partial charge in [-0.2, -0.15) is 0 Å². The van der Waals surface area contributed by atoms with Crippen LogP contribution in [-0.2, 0) is 10.8 Å². The van der Waals surface area contributed by atoms with Gasteiger partial charge in [-0.25, -0.2) is 0 Å². The molecular formula is C46H43N. The van der Waals surface area contributed by atoms with Crippen molar-refractivity contribution in [3.8, 4) is 0 Å². The zero-order valence-electron chi connectivity index (χ0n) is 30.2. The maximum atomic E-state index is 9.26. The fourth-order valence-corrected chi connectivity index (χ4v) is 7.05. The normalized spacial score (nSPS) is 13.4.